The van der Waals surface area contributed by atoms with Gasteiger partial charge in [0.15, 0.2) is 18.7 Å². The molecule has 20 atom stereocenters. The molecule has 0 saturated carbocycles. The number of rotatable bonds is 15. The van der Waals surface area contributed by atoms with E-state index >= 15 is 0 Å². The van der Waals surface area contributed by atoms with Crippen LogP contribution in [0.25, 0.3) is 0 Å². The molecule has 0 aromatic rings. The first kappa shape index (κ1) is 54.0. The van der Waals surface area contributed by atoms with E-state index in [1.165, 1.54) is 21.1 Å². The third-order valence-corrected chi connectivity index (χ3v) is 10.1. The summed E-state index contributed by atoms with van der Waals surface area (Å²) in [4.78, 5) is 21.2. The van der Waals surface area contributed by atoms with Gasteiger partial charge in [0.1, 0.15) is 91.6 Å². The van der Waals surface area contributed by atoms with Crippen LogP contribution in [0.4, 0.5) is 0 Å². The number of methoxy groups -OCH3 is 2. The number of aliphatic hydroxyl groups excluding tert-OH is 11. The summed E-state index contributed by atoms with van der Waals surface area (Å²) >= 11 is 7.62. The molecule has 4 fully saturated rings. The van der Waals surface area contributed by atoms with Crippen LogP contribution < -0.4 is 0 Å². The Morgan fingerprint density at radius 1 is 0.492 bits per heavy atom. The van der Waals surface area contributed by atoms with Gasteiger partial charge < -0.3 is 104 Å². The van der Waals surface area contributed by atoms with Gasteiger partial charge in [0.05, 0.1) is 51.5 Å². The zero-order chi connectivity index (χ0) is 44.7. The molecule has 4 aliphatic heterocycles. The SMILES string of the molecule is COCC1OC(OCC2OC(C)C(O)C(O)C2O)C(O)C(O)C1O.COCC1OC(OCC2OC(C)C(OC(=O)CCS)C(O)C2O)C(O)C(O)C1O.O=C(O)CCS. The van der Waals surface area contributed by atoms with Crippen molar-refractivity contribution in [3.05, 3.63) is 0 Å². The van der Waals surface area contributed by atoms with Gasteiger partial charge in [0.2, 0.25) is 0 Å². The molecule has 0 amide bonds. The Bertz CT molecular complexity index is 1210. The number of carboxylic acids is 1. The highest BCUT2D eigenvalue weighted by Gasteiger charge is 2.49. The number of aliphatic carboxylic acids is 1. The Kier molecular flexibility index (Phi) is 24.3. The first-order valence-corrected chi connectivity index (χ1v) is 20.0. The van der Waals surface area contributed by atoms with Gasteiger partial charge in [-0.05, 0) is 13.8 Å². The molecule has 59 heavy (non-hydrogen) atoms. The Morgan fingerprint density at radius 2 is 0.864 bits per heavy atom. The molecular formula is C34H62O23S2. The van der Waals surface area contributed by atoms with Crippen LogP contribution in [-0.2, 0) is 52.2 Å². The quantitative estimate of drug-likeness (QED) is 0.0537. The van der Waals surface area contributed by atoms with Gasteiger partial charge in [-0.3, -0.25) is 9.59 Å². The topological polar surface area (TPSA) is 360 Å². The lowest BCUT2D eigenvalue weighted by atomic mass is 9.95. The van der Waals surface area contributed by atoms with E-state index < -0.39 is 134 Å². The molecule has 4 aliphatic rings. The third kappa shape index (κ3) is 15.6. The zero-order valence-electron chi connectivity index (χ0n) is 33.0. The lowest BCUT2D eigenvalue weighted by molar-refractivity contribution is -0.314. The molecule has 12 N–H and O–H groups in total. The van der Waals surface area contributed by atoms with Gasteiger partial charge in [-0.25, -0.2) is 0 Å². The van der Waals surface area contributed by atoms with Crippen LogP contribution in [0.1, 0.15) is 26.7 Å². The number of hydrogen-bond donors (Lipinski definition) is 14. The van der Waals surface area contributed by atoms with Crippen LogP contribution in [0.2, 0.25) is 0 Å². The molecule has 25 heteroatoms. The highest BCUT2D eigenvalue weighted by Crippen LogP contribution is 2.28. The molecule has 0 spiro atoms. The van der Waals surface area contributed by atoms with Crippen LogP contribution in [-0.4, -0.2) is 248 Å². The van der Waals surface area contributed by atoms with Crippen LogP contribution in [0.15, 0.2) is 0 Å². The van der Waals surface area contributed by atoms with E-state index in [0.29, 0.717) is 5.75 Å². The van der Waals surface area contributed by atoms with Crippen molar-refractivity contribution < 1.29 is 113 Å². The zero-order valence-corrected chi connectivity index (χ0v) is 34.7. The molecule has 0 aromatic heterocycles. The number of hydrogen-bond acceptors (Lipinski definition) is 24. The summed E-state index contributed by atoms with van der Waals surface area (Å²) in [5, 5.41) is 117. The highest BCUT2D eigenvalue weighted by atomic mass is 32.1. The number of thiol groups is 2. The fourth-order valence-corrected chi connectivity index (χ4v) is 6.57. The Hall–Kier alpha value is -1.12. The van der Waals surface area contributed by atoms with E-state index in [1.54, 1.807) is 6.92 Å². The molecule has 0 radical (unpaired) electrons. The number of ether oxygens (including phenoxy) is 9. The van der Waals surface area contributed by atoms with Crippen LogP contribution in [0.3, 0.4) is 0 Å². The van der Waals surface area contributed by atoms with E-state index in [2.05, 4.69) is 25.3 Å². The fourth-order valence-electron chi connectivity index (χ4n) is 6.19. The van der Waals surface area contributed by atoms with Crippen molar-refractivity contribution in [3.63, 3.8) is 0 Å². The number of aliphatic hydroxyl groups is 11. The summed E-state index contributed by atoms with van der Waals surface area (Å²) in [5.74, 6) is -0.651. The number of carboxylic acid groups (broad SMARTS) is 1. The second-order valence-corrected chi connectivity index (χ2v) is 15.0. The fraction of sp³-hybridized carbons (Fsp3) is 0.941. The van der Waals surface area contributed by atoms with Crippen molar-refractivity contribution in [1.29, 1.82) is 0 Å². The number of carbonyl (C=O) groups is 2. The summed E-state index contributed by atoms with van der Waals surface area (Å²) in [6, 6.07) is 0. The van der Waals surface area contributed by atoms with Gasteiger partial charge >= 0.3 is 11.9 Å². The van der Waals surface area contributed by atoms with Gasteiger partial charge in [0, 0.05) is 25.7 Å². The highest BCUT2D eigenvalue weighted by molar-refractivity contribution is 7.80. The maximum Gasteiger partial charge on any atom is 0.307 e. The van der Waals surface area contributed by atoms with Crippen molar-refractivity contribution >= 4 is 37.2 Å². The van der Waals surface area contributed by atoms with Crippen molar-refractivity contribution in [2.45, 2.75) is 149 Å². The maximum absolute atomic E-state index is 11.7. The summed E-state index contributed by atoms with van der Waals surface area (Å²) in [5.41, 5.74) is 0. The molecule has 348 valence electrons. The first-order valence-electron chi connectivity index (χ1n) is 18.7. The van der Waals surface area contributed by atoms with Crippen LogP contribution in [0.5, 0.6) is 0 Å². The normalized spacial score (nSPS) is 42.4. The summed E-state index contributed by atoms with van der Waals surface area (Å²) < 4.78 is 47.5. The van der Waals surface area contributed by atoms with E-state index in [9.17, 15) is 65.8 Å². The molecular weight excluding hydrogens is 840 g/mol. The first-order chi connectivity index (χ1) is 27.7. The summed E-state index contributed by atoms with van der Waals surface area (Å²) in [6.07, 6.45) is -24.4. The van der Waals surface area contributed by atoms with Gasteiger partial charge in [-0.2, -0.15) is 25.3 Å². The molecule has 0 bridgehead atoms. The molecule has 4 rings (SSSR count). The Labute approximate surface area is 351 Å². The lowest BCUT2D eigenvalue weighted by Gasteiger charge is -2.43. The second kappa shape index (κ2) is 26.5. The standard InChI is InChI=1S/C17H30O11S.C14H26O10.C3H6O2S/c1-7-16(28-10(18)3-4-29)14(22)12(20)9(26-7)6-25-17-15(23)13(21)11(19)8(27-17)5-24-2;1-5-8(15)11(18)10(17)7(23-5)4-22-14-13(20)12(19)9(16)6(24-14)3-21-2;4-3(5)1-2-6/h7-9,11-17,19-23,29H,3-6H2,1-2H3;5-20H,3-4H2,1-2H3;6H,1-2H2,(H,4,5). The minimum Gasteiger partial charge on any atom is -0.481 e. The minimum absolute atomic E-state index is 0.0186. The monoisotopic (exact) mass is 902 g/mol. The molecule has 0 aromatic carbocycles. The average Bonchev–Trinajstić information content (AvgIpc) is 3.19. The molecule has 20 unspecified atom stereocenters. The molecule has 0 aliphatic carbocycles. The number of carbonyl (C=O) groups excluding carboxylic acids is 1. The lowest BCUT2D eigenvalue weighted by Crippen LogP contribution is -2.61. The molecule has 4 heterocycles. The van der Waals surface area contributed by atoms with Crippen molar-refractivity contribution in [2.75, 3.05) is 52.2 Å². The molecule has 4 saturated heterocycles. The predicted molar refractivity (Wildman–Crippen MR) is 202 cm³/mol. The maximum atomic E-state index is 11.7. The Morgan fingerprint density at radius 3 is 1.24 bits per heavy atom. The van der Waals surface area contributed by atoms with Crippen molar-refractivity contribution in [2.24, 2.45) is 0 Å². The van der Waals surface area contributed by atoms with Crippen molar-refractivity contribution in [1.82, 2.24) is 0 Å². The van der Waals surface area contributed by atoms with Gasteiger partial charge in [0.25, 0.3) is 0 Å². The van der Waals surface area contributed by atoms with E-state index in [-0.39, 0.29) is 45.0 Å². The average molecular weight is 903 g/mol. The smallest absolute Gasteiger partial charge is 0.307 e. The van der Waals surface area contributed by atoms with Gasteiger partial charge in [-0.1, -0.05) is 0 Å². The predicted octanol–water partition coefficient (Wildman–Crippen LogP) is -6.08. The number of esters is 1. The van der Waals surface area contributed by atoms with Crippen LogP contribution >= 0.6 is 25.3 Å². The van der Waals surface area contributed by atoms with E-state index in [0.717, 1.165) is 0 Å². The van der Waals surface area contributed by atoms with E-state index in [4.69, 9.17) is 47.7 Å². The van der Waals surface area contributed by atoms with E-state index in [1.807, 2.05) is 0 Å². The minimum atomic E-state index is -1.55. The second-order valence-electron chi connectivity index (χ2n) is 14.1. The summed E-state index contributed by atoms with van der Waals surface area (Å²) in [7, 11) is 2.78. The van der Waals surface area contributed by atoms with Crippen molar-refractivity contribution in [3.8, 4) is 0 Å². The molecule has 23 nitrogen and oxygen atoms in total. The Balaban J connectivity index is 0.000000362. The van der Waals surface area contributed by atoms with Gasteiger partial charge in [-0.15, -0.1) is 0 Å². The third-order valence-electron chi connectivity index (χ3n) is 9.63. The van der Waals surface area contributed by atoms with Crippen LogP contribution in [0, 0.1) is 0 Å². The largest absolute Gasteiger partial charge is 0.481 e. The summed E-state index contributed by atoms with van der Waals surface area (Å²) in [6.45, 7) is 2.48.